The minimum absolute atomic E-state index is 0.0192. The van der Waals surface area contributed by atoms with Crippen LogP contribution >= 0.6 is 0 Å². The molecule has 0 aromatic heterocycles. The molecule has 13 heavy (non-hydrogen) atoms. The number of carbonyl (C=O) groups is 2. The normalized spacial score (nSPS) is 9.54. The quantitative estimate of drug-likeness (QED) is 0.594. The monoisotopic (exact) mass is 186 g/mol. The Morgan fingerprint density at radius 2 is 1.46 bits per heavy atom. The highest BCUT2D eigenvalue weighted by Crippen LogP contribution is 1.96. The molecule has 4 heteroatoms. The zero-order valence-electron chi connectivity index (χ0n) is 8.83. The lowest BCUT2D eigenvalue weighted by atomic mass is 10.3. The summed E-state index contributed by atoms with van der Waals surface area (Å²) in [5, 5.41) is 0. The van der Waals surface area contributed by atoms with E-state index in [1.807, 2.05) is 13.8 Å². The maximum Gasteiger partial charge on any atom is 0.231 e. The summed E-state index contributed by atoms with van der Waals surface area (Å²) in [6.45, 7) is 5.13. The van der Waals surface area contributed by atoms with Gasteiger partial charge in [-0.05, 0) is 13.8 Å². The van der Waals surface area contributed by atoms with E-state index in [2.05, 4.69) is 0 Å². The molecule has 0 atom stereocenters. The molecule has 76 valence electrons. The van der Waals surface area contributed by atoms with Gasteiger partial charge in [0, 0.05) is 27.2 Å². The molecule has 4 nitrogen and oxygen atoms in total. The molecule has 0 unspecified atom stereocenters. The van der Waals surface area contributed by atoms with Gasteiger partial charge in [-0.25, -0.2) is 0 Å². The van der Waals surface area contributed by atoms with Crippen molar-refractivity contribution in [1.29, 1.82) is 0 Å². The Balaban J connectivity index is 4.06. The first-order valence-electron chi connectivity index (χ1n) is 4.50. The average Bonchev–Trinajstić information content (AvgIpc) is 2.06. The minimum Gasteiger partial charge on any atom is -0.348 e. The lowest BCUT2D eigenvalue weighted by Crippen LogP contribution is -2.35. The Morgan fingerprint density at radius 3 is 1.77 bits per heavy atom. The van der Waals surface area contributed by atoms with Crippen molar-refractivity contribution in [2.24, 2.45) is 0 Å². The van der Waals surface area contributed by atoms with Crippen LogP contribution in [0.5, 0.6) is 0 Å². The third-order valence-corrected chi connectivity index (χ3v) is 1.92. The molecule has 0 spiro atoms. The molecule has 0 heterocycles. The Bertz CT molecular complexity index is 186. The molecule has 0 aromatic rings. The fourth-order valence-corrected chi connectivity index (χ4v) is 0.976. The number of rotatable bonds is 4. The number of hydrogen-bond acceptors (Lipinski definition) is 2. The molecule has 0 radical (unpaired) electrons. The molecule has 0 aliphatic rings. The van der Waals surface area contributed by atoms with Crippen LogP contribution < -0.4 is 0 Å². The highest BCUT2D eigenvalue weighted by Gasteiger charge is 2.15. The highest BCUT2D eigenvalue weighted by molar-refractivity contribution is 5.96. The molecule has 0 aliphatic carbocycles. The Labute approximate surface area is 79.5 Å². The summed E-state index contributed by atoms with van der Waals surface area (Å²) in [5.74, 6) is -0.236. The summed E-state index contributed by atoms with van der Waals surface area (Å²) in [5.41, 5.74) is 0. The molecule has 0 fully saturated rings. The van der Waals surface area contributed by atoms with Crippen molar-refractivity contribution in [3.63, 3.8) is 0 Å². The maximum atomic E-state index is 11.4. The van der Waals surface area contributed by atoms with E-state index in [-0.39, 0.29) is 18.2 Å². The van der Waals surface area contributed by atoms with E-state index in [4.69, 9.17) is 0 Å². The van der Waals surface area contributed by atoms with Crippen molar-refractivity contribution in [3.8, 4) is 0 Å². The van der Waals surface area contributed by atoms with E-state index < -0.39 is 0 Å². The average molecular weight is 186 g/mol. The molecular weight excluding hydrogens is 168 g/mol. The minimum atomic E-state index is -0.142. The number of carbonyl (C=O) groups excluding carboxylic acids is 2. The highest BCUT2D eigenvalue weighted by atomic mass is 16.2. The van der Waals surface area contributed by atoms with E-state index in [0.29, 0.717) is 13.1 Å². The second-order valence-corrected chi connectivity index (χ2v) is 3.03. The van der Waals surface area contributed by atoms with Gasteiger partial charge in [-0.3, -0.25) is 9.59 Å². The van der Waals surface area contributed by atoms with Crippen molar-refractivity contribution in [3.05, 3.63) is 0 Å². The SMILES string of the molecule is CCN(CC)C(=O)CC(=O)N(C)C. The van der Waals surface area contributed by atoms with Crippen molar-refractivity contribution in [1.82, 2.24) is 9.80 Å². The van der Waals surface area contributed by atoms with Crippen LogP contribution in [0, 0.1) is 0 Å². The summed E-state index contributed by atoms with van der Waals surface area (Å²) < 4.78 is 0. The van der Waals surface area contributed by atoms with Crippen LogP contribution in [0.1, 0.15) is 20.3 Å². The Hall–Kier alpha value is -1.06. The fraction of sp³-hybridized carbons (Fsp3) is 0.778. The molecule has 0 bridgehead atoms. The van der Waals surface area contributed by atoms with Crippen LogP contribution in [0.4, 0.5) is 0 Å². The van der Waals surface area contributed by atoms with Crippen LogP contribution in [0.3, 0.4) is 0 Å². The third-order valence-electron chi connectivity index (χ3n) is 1.92. The number of nitrogens with zero attached hydrogens (tertiary/aromatic N) is 2. The second kappa shape index (κ2) is 5.56. The van der Waals surface area contributed by atoms with Gasteiger partial charge in [0.2, 0.25) is 11.8 Å². The number of amides is 2. The van der Waals surface area contributed by atoms with Crippen LogP contribution in [0.25, 0.3) is 0 Å². The first-order chi connectivity index (χ1) is 6.02. The van der Waals surface area contributed by atoms with Crippen LogP contribution in [0.2, 0.25) is 0 Å². The van der Waals surface area contributed by atoms with Crippen LogP contribution in [0.15, 0.2) is 0 Å². The van der Waals surface area contributed by atoms with E-state index >= 15 is 0 Å². The second-order valence-electron chi connectivity index (χ2n) is 3.03. The predicted molar refractivity (Wildman–Crippen MR) is 51.2 cm³/mol. The van der Waals surface area contributed by atoms with Crippen LogP contribution in [-0.4, -0.2) is 48.8 Å². The summed E-state index contributed by atoms with van der Waals surface area (Å²) >= 11 is 0. The van der Waals surface area contributed by atoms with E-state index in [1.54, 1.807) is 19.0 Å². The lowest BCUT2D eigenvalue weighted by Gasteiger charge is -2.19. The van der Waals surface area contributed by atoms with Gasteiger partial charge >= 0.3 is 0 Å². The van der Waals surface area contributed by atoms with Crippen LogP contribution in [-0.2, 0) is 9.59 Å². The van der Waals surface area contributed by atoms with E-state index in [1.165, 1.54) is 4.90 Å². The summed E-state index contributed by atoms with van der Waals surface area (Å²) in [6.07, 6.45) is -0.0192. The summed E-state index contributed by atoms with van der Waals surface area (Å²) in [4.78, 5) is 25.7. The zero-order valence-corrected chi connectivity index (χ0v) is 8.83. The maximum absolute atomic E-state index is 11.4. The fourth-order valence-electron chi connectivity index (χ4n) is 0.976. The molecule has 0 aliphatic heterocycles. The number of hydrogen-bond donors (Lipinski definition) is 0. The van der Waals surface area contributed by atoms with Gasteiger partial charge in [-0.1, -0.05) is 0 Å². The molecule has 2 amide bonds. The standard InChI is InChI=1S/C9H18N2O2/c1-5-11(6-2)9(13)7-8(12)10(3)4/h5-7H2,1-4H3. The van der Waals surface area contributed by atoms with Crippen molar-refractivity contribution in [2.75, 3.05) is 27.2 Å². The Morgan fingerprint density at radius 1 is 1.00 bits per heavy atom. The molecule has 0 saturated carbocycles. The third kappa shape index (κ3) is 3.92. The first-order valence-corrected chi connectivity index (χ1v) is 4.50. The molecule has 0 N–H and O–H groups in total. The molecule has 0 aromatic carbocycles. The zero-order chi connectivity index (χ0) is 10.4. The Kier molecular flexibility index (Phi) is 5.11. The largest absolute Gasteiger partial charge is 0.348 e. The van der Waals surface area contributed by atoms with E-state index in [0.717, 1.165) is 0 Å². The topological polar surface area (TPSA) is 40.6 Å². The van der Waals surface area contributed by atoms with Gasteiger partial charge < -0.3 is 9.80 Å². The van der Waals surface area contributed by atoms with Crippen molar-refractivity contribution < 1.29 is 9.59 Å². The van der Waals surface area contributed by atoms with Gasteiger partial charge in [0.1, 0.15) is 6.42 Å². The lowest BCUT2D eigenvalue weighted by molar-refractivity contribution is -0.139. The predicted octanol–water partition coefficient (Wildman–Crippen LogP) is 0.333. The van der Waals surface area contributed by atoms with Crippen molar-refractivity contribution >= 4 is 11.8 Å². The molecule has 0 saturated heterocycles. The van der Waals surface area contributed by atoms with Gasteiger partial charge in [0.25, 0.3) is 0 Å². The summed E-state index contributed by atoms with van der Waals surface area (Å²) in [7, 11) is 3.30. The van der Waals surface area contributed by atoms with Gasteiger partial charge in [-0.15, -0.1) is 0 Å². The van der Waals surface area contributed by atoms with E-state index in [9.17, 15) is 9.59 Å². The molecule has 0 rings (SSSR count). The first kappa shape index (κ1) is 11.9. The van der Waals surface area contributed by atoms with Gasteiger partial charge in [-0.2, -0.15) is 0 Å². The smallest absolute Gasteiger partial charge is 0.231 e. The van der Waals surface area contributed by atoms with Gasteiger partial charge in [0.05, 0.1) is 0 Å². The molecular formula is C9H18N2O2. The van der Waals surface area contributed by atoms with Crippen molar-refractivity contribution in [2.45, 2.75) is 20.3 Å². The van der Waals surface area contributed by atoms with Gasteiger partial charge in [0.15, 0.2) is 0 Å². The summed E-state index contributed by atoms with van der Waals surface area (Å²) in [6, 6.07) is 0.